The molecule has 0 saturated heterocycles. The summed E-state index contributed by atoms with van der Waals surface area (Å²) >= 11 is 0. The zero-order chi connectivity index (χ0) is 24.9. The minimum atomic E-state index is -0.702. The second-order valence-corrected chi connectivity index (χ2v) is 8.61. The van der Waals surface area contributed by atoms with Crippen molar-refractivity contribution in [2.24, 2.45) is 18.7 Å². The Bertz CT molecular complexity index is 1640. The third kappa shape index (κ3) is 3.63. The highest BCUT2D eigenvalue weighted by Gasteiger charge is 2.36. The SMILES string of the molecule is C#Cc1cc(O[C@H]2C[C@@H]2C)c(C#N)c(-c2c(-c3ccc4c(=O)[nH]nc(CN)c4c3)cnn2C)c1F. The standard InChI is InChI=1S/C26H21FN6O2/c1-4-14-9-22(35-21-7-13(21)2)18(10-28)23(24(14)27)25-19(12-30-33(25)3)15-5-6-16-17(8-15)20(11-29)31-32-26(16)34/h1,5-6,8-9,12-13,21H,7,11,29H2,2-3H3,(H,32,34)/t13-,21-/m0/s1. The molecule has 0 unspecified atom stereocenters. The van der Waals surface area contributed by atoms with Crippen LogP contribution in [0.4, 0.5) is 4.39 Å². The average Bonchev–Trinajstić information content (AvgIpc) is 3.42. The van der Waals surface area contributed by atoms with Crippen LogP contribution in [-0.2, 0) is 13.6 Å². The number of nitriles is 1. The Morgan fingerprint density at radius 2 is 2.14 bits per heavy atom. The van der Waals surface area contributed by atoms with Crippen molar-refractivity contribution >= 4 is 10.8 Å². The molecule has 0 bridgehead atoms. The number of benzene rings is 2. The zero-order valence-electron chi connectivity index (χ0n) is 19.1. The molecule has 1 aliphatic carbocycles. The molecular formula is C26H21FN6O2. The predicted octanol–water partition coefficient (Wildman–Crippen LogP) is 3.23. The topological polar surface area (TPSA) is 123 Å². The smallest absolute Gasteiger partial charge is 0.272 e. The Kier molecular flexibility index (Phi) is 5.35. The Hall–Kier alpha value is -4.47. The van der Waals surface area contributed by atoms with E-state index >= 15 is 4.39 Å². The number of nitrogens with one attached hydrogen (secondary N) is 1. The lowest BCUT2D eigenvalue weighted by molar-refractivity contribution is 0.287. The van der Waals surface area contributed by atoms with Crippen LogP contribution >= 0.6 is 0 Å². The number of ether oxygens (including phenoxy) is 1. The number of aromatic nitrogens is 4. The first-order valence-electron chi connectivity index (χ1n) is 11.0. The summed E-state index contributed by atoms with van der Waals surface area (Å²) in [5, 5.41) is 21.9. The third-order valence-corrected chi connectivity index (χ3v) is 6.36. The number of rotatable bonds is 5. The Labute approximate surface area is 200 Å². The fourth-order valence-corrected chi connectivity index (χ4v) is 4.27. The molecule has 0 radical (unpaired) electrons. The molecule has 1 saturated carbocycles. The van der Waals surface area contributed by atoms with Gasteiger partial charge in [0.05, 0.1) is 34.1 Å². The molecule has 2 atom stereocenters. The van der Waals surface area contributed by atoms with Gasteiger partial charge in [0.1, 0.15) is 29.3 Å². The second kappa shape index (κ2) is 8.39. The van der Waals surface area contributed by atoms with Crippen LogP contribution in [0.5, 0.6) is 5.75 Å². The molecule has 8 nitrogen and oxygen atoms in total. The molecule has 1 aliphatic rings. The van der Waals surface area contributed by atoms with Gasteiger partial charge >= 0.3 is 0 Å². The lowest BCUT2D eigenvalue weighted by Crippen LogP contribution is -2.13. The van der Waals surface area contributed by atoms with E-state index in [0.717, 1.165) is 6.42 Å². The minimum Gasteiger partial charge on any atom is -0.489 e. The predicted molar refractivity (Wildman–Crippen MR) is 129 cm³/mol. The van der Waals surface area contributed by atoms with E-state index in [2.05, 4.69) is 27.3 Å². The number of fused-ring (bicyclic) bond motifs is 1. The van der Waals surface area contributed by atoms with Crippen molar-refractivity contribution < 1.29 is 9.13 Å². The van der Waals surface area contributed by atoms with Crippen molar-refractivity contribution in [3.63, 3.8) is 0 Å². The summed E-state index contributed by atoms with van der Waals surface area (Å²) in [7, 11) is 1.66. The number of H-pyrrole nitrogens is 1. The summed E-state index contributed by atoms with van der Waals surface area (Å²) in [6.45, 7) is 2.16. The summed E-state index contributed by atoms with van der Waals surface area (Å²) in [6.07, 6.45) is 7.99. The van der Waals surface area contributed by atoms with Crippen LogP contribution in [0.15, 0.2) is 35.3 Å². The maximum Gasteiger partial charge on any atom is 0.272 e. The van der Waals surface area contributed by atoms with Crippen LogP contribution in [0.1, 0.15) is 30.2 Å². The molecule has 35 heavy (non-hydrogen) atoms. The molecule has 0 amide bonds. The molecule has 0 aliphatic heterocycles. The van der Waals surface area contributed by atoms with Gasteiger partial charge in [-0.3, -0.25) is 9.48 Å². The maximum atomic E-state index is 15.7. The summed E-state index contributed by atoms with van der Waals surface area (Å²) < 4.78 is 23.2. The molecule has 9 heteroatoms. The quantitative estimate of drug-likeness (QED) is 0.434. The van der Waals surface area contributed by atoms with E-state index in [4.69, 9.17) is 16.9 Å². The Morgan fingerprint density at radius 1 is 1.37 bits per heavy atom. The lowest BCUT2D eigenvalue weighted by atomic mass is 9.94. The van der Waals surface area contributed by atoms with Crippen molar-refractivity contribution in [1.82, 2.24) is 20.0 Å². The van der Waals surface area contributed by atoms with Gasteiger partial charge < -0.3 is 10.5 Å². The van der Waals surface area contributed by atoms with Gasteiger partial charge in [0.2, 0.25) is 0 Å². The zero-order valence-corrected chi connectivity index (χ0v) is 19.1. The lowest BCUT2D eigenvalue weighted by Gasteiger charge is -2.16. The van der Waals surface area contributed by atoms with Gasteiger partial charge in [-0.15, -0.1) is 6.42 Å². The van der Waals surface area contributed by atoms with Crippen molar-refractivity contribution in [3.8, 4) is 46.5 Å². The number of hydrogen-bond donors (Lipinski definition) is 2. The first-order valence-corrected chi connectivity index (χ1v) is 11.0. The summed E-state index contributed by atoms with van der Waals surface area (Å²) in [6, 6.07) is 8.66. The summed E-state index contributed by atoms with van der Waals surface area (Å²) in [4.78, 5) is 12.2. The maximum absolute atomic E-state index is 15.7. The summed E-state index contributed by atoms with van der Waals surface area (Å²) in [5.74, 6) is 2.26. The van der Waals surface area contributed by atoms with Gasteiger partial charge in [0.15, 0.2) is 0 Å². The number of aromatic amines is 1. The molecule has 5 rings (SSSR count). The molecule has 2 heterocycles. The molecule has 2 aromatic heterocycles. The normalized spacial score (nSPS) is 16.6. The van der Waals surface area contributed by atoms with Crippen molar-refractivity contribution in [2.75, 3.05) is 0 Å². The third-order valence-electron chi connectivity index (χ3n) is 6.36. The number of halogens is 1. The van der Waals surface area contributed by atoms with Crippen LogP contribution < -0.4 is 16.0 Å². The van der Waals surface area contributed by atoms with Crippen LogP contribution in [-0.4, -0.2) is 26.1 Å². The van der Waals surface area contributed by atoms with E-state index < -0.39 is 5.82 Å². The first kappa shape index (κ1) is 22.3. The van der Waals surface area contributed by atoms with Crippen molar-refractivity contribution in [3.05, 3.63) is 63.5 Å². The highest BCUT2D eigenvalue weighted by molar-refractivity contribution is 5.92. The summed E-state index contributed by atoms with van der Waals surface area (Å²) in [5.41, 5.74) is 7.61. The number of nitrogens with two attached hydrogens (primary N) is 1. The second-order valence-electron chi connectivity index (χ2n) is 8.61. The fourth-order valence-electron chi connectivity index (χ4n) is 4.27. The molecule has 4 aromatic rings. The van der Waals surface area contributed by atoms with E-state index in [9.17, 15) is 10.1 Å². The Morgan fingerprint density at radius 3 is 2.80 bits per heavy atom. The van der Waals surface area contributed by atoms with E-state index in [0.29, 0.717) is 39.2 Å². The number of terminal acetylenes is 1. The van der Waals surface area contributed by atoms with Gasteiger partial charge in [0, 0.05) is 30.6 Å². The van der Waals surface area contributed by atoms with Gasteiger partial charge in [-0.2, -0.15) is 15.5 Å². The molecule has 0 spiro atoms. The number of nitrogens with zero attached hydrogens (tertiary/aromatic N) is 4. The van der Waals surface area contributed by atoms with Crippen LogP contribution in [0.2, 0.25) is 0 Å². The molecule has 3 N–H and O–H groups in total. The van der Waals surface area contributed by atoms with Gasteiger partial charge in [0.25, 0.3) is 5.56 Å². The van der Waals surface area contributed by atoms with Crippen LogP contribution in [0.3, 0.4) is 0 Å². The van der Waals surface area contributed by atoms with Crippen LogP contribution in [0.25, 0.3) is 33.2 Å². The highest BCUT2D eigenvalue weighted by Crippen LogP contribution is 2.42. The van der Waals surface area contributed by atoms with Crippen molar-refractivity contribution in [1.29, 1.82) is 5.26 Å². The average molecular weight is 468 g/mol. The molecule has 174 valence electrons. The molecular weight excluding hydrogens is 447 g/mol. The first-order chi connectivity index (χ1) is 16.9. The van der Waals surface area contributed by atoms with E-state index in [1.807, 2.05) is 6.92 Å². The van der Waals surface area contributed by atoms with E-state index in [1.54, 1.807) is 31.4 Å². The molecule has 2 aromatic carbocycles. The molecule has 1 fully saturated rings. The highest BCUT2D eigenvalue weighted by atomic mass is 19.1. The minimum absolute atomic E-state index is 0.00545. The van der Waals surface area contributed by atoms with Gasteiger partial charge in [-0.25, -0.2) is 9.49 Å². The van der Waals surface area contributed by atoms with E-state index in [-0.39, 0.29) is 40.6 Å². The fraction of sp³-hybridized carbons (Fsp3) is 0.231. The van der Waals surface area contributed by atoms with E-state index in [1.165, 1.54) is 10.7 Å². The number of hydrogen-bond acceptors (Lipinski definition) is 6. The number of aryl methyl sites for hydroxylation is 1. The van der Waals surface area contributed by atoms with Gasteiger partial charge in [-0.1, -0.05) is 18.9 Å². The monoisotopic (exact) mass is 468 g/mol. The Balaban J connectivity index is 1.77. The van der Waals surface area contributed by atoms with Crippen LogP contribution in [0, 0.1) is 35.4 Å². The van der Waals surface area contributed by atoms with Crippen molar-refractivity contribution in [2.45, 2.75) is 26.0 Å². The van der Waals surface area contributed by atoms with Gasteiger partial charge in [-0.05, 0) is 30.0 Å². The largest absolute Gasteiger partial charge is 0.489 e.